The maximum absolute atomic E-state index is 13.0. The van der Waals surface area contributed by atoms with Gasteiger partial charge in [-0.25, -0.2) is 4.39 Å². The van der Waals surface area contributed by atoms with Crippen LogP contribution in [0.5, 0.6) is 0 Å². The van der Waals surface area contributed by atoms with Gasteiger partial charge in [0.25, 0.3) is 5.91 Å². The highest BCUT2D eigenvalue weighted by Gasteiger charge is 2.13. The van der Waals surface area contributed by atoms with Crippen molar-refractivity contribution in [3.8, 4) is 0 Å². The van der Waals surface area contributed by atoms with Crippen LogP contribution in [0.4, 0.5) is 10.1 Å². The molecule has 3 N–H and O–H groups in total. The number of esters is 1. The Hall–Kier alpha value is -2.44. The molecule has 0 saturated carbocycles. The van der Waals surface area contributed by atoms with Crippen LogP contribution in [-0.2, 0) is 14.3 Å². The zero-order valence-electron chi connectivity index (χ0n) is 10.2. The van der Waals surface area contributed by atoms with E-state index in [2.05, 4.69) is 10.1 Å². The number of halogens is 1. The minimum Gasteiger partial charge on any atom is -0.469 e. The van der Waals surface area contributed by atoms with Gasteiger partial charge in [-0.3, -0.25) is 14.4 Å². The number of carbonyl (C=O) groups excluding carboxylic acids is 3. The number of carbonyl (C=O) groups is 3. The summed E-state index contributed by atoms with van der Waals surface area (Å²) in [5.41, 5.74) is 5.04. The van der Waals surface area contributed by atoms with Crippen molar-refractivity contribution < 1.29 is 23.5 Å². The maximum atomic E-state index is 13.0. The lowest BCUT2D eigenvalue weighted by molar-refractivity contribution is -0.141. The fourth-order valence-electron chi connectivity index (χ4n) is 1.36. The van der Waals surface area contributed by atoms with E-state index in [4.69, 9.17) is 5.73 Å². The van der Waals surface area contributed by atoms with E-state index < -0.39 is 23.6 Å². The first-order valence-electron chi connectivity index (χ1n) is 5.40. The molecule has 1 rings (SSSR count). The molecule has 0 fully saturated rings. The third-order valence-electron chi connectivity index (χ3n) is 2.31. The number of rotatable bonds is 5. The van der Waals surface area contributed by atoms with Crippen LogP contribution < -0.4 is 11.1 Å². The molecule has 6 nitrogen and oxygen atoms in total. The van der Waals surface area contributed by atoms with Crippen molar-refractivity contribution in [3.63, 3.8) is 0 Å². The van der Waals surface area contributed by atoms with Crippen molar-refractivity contribution in [2.75, 3.05) is 12.4 Å². The van der Waals surface area contributed by atoms with Crippen LogP contribution in [0.25, 0.3) is 0 Å². The summed E-state index contributed by atoms with van der Waals surface area (Å²) in [6.45, 7) is 0. The topological polar surface area (TPSA) is 98.5 Å². The summed E-state index contributed by atoms with van der Waals surface area (Å²) in [4.78, 5) is 33.5. The Labute approximate surface area is 108 Å². The largest absolute Gasteiger partial charge is 0.469 e. The van der Waals surface area contributed by atoms with E-state index in [-0.39, 0.29) is 24.1 Å². The number of benzene rings is 1. The van der Waals surface area contributed by atoms with Crippen LogP contribution in [0, 0.1) is 5.82 Å². The molecule has 102 valence electrons. The molecule has 0 unspecified atom stereocenters. The zero-order chi connectivity index (χ0) is 14.4. The summed E-state index contributed by atoms with van der Waals surface area (Å²) < 4.78 is 17.3. The second-order valence-electron chi connectivity index (χ2n) is 3.68. The van der Waals surface area contributed by atoms with Crippen molar-refractivity contribution in [1.29, 1.82) is 0 Å². The predicted molar refractivity (Wildman–Crippen MR) is 64.8 cm³/mol. The number of nitrogens with two attached hydrogens (primary N) is 1. The lowest BCUT2D eigenvalue weighted by Crippen LogP contribution is -2.19. The van der Waals surface area contributed by atoms with Crippen molar-refractivity contribution in [2.24, 2.45) is 5.73 Å². The summed E-state index contributed by atoms with van der Waals surface area (Å²) >= 11 is 0. The van der Waals surface area contributed by atoms with E-state index >= 15 is 0 Å². The van der Waals surface area contributed by atoms with Crippen LogP contribution >= 0.6 is 0 Å². The van der Waals surface area contributed by atoms with Crippen molar-refractivity contribution in [1.82, 2.24) is 0 Å². The first-order chi connectivity index (χ1) is 8.93. The number of anilines is 1. The van der Waals surface area contributed by atoms with E-state index in [1.807, 2.05) is 0 Å². The molecule has 7 heteroatoms. The molecule has 0 aliphatic heterocycles. The normalized spacial score (nSPS) is 9.79. The Bertz CT molecular complexity index is 516. The molecule has 19 heavy (non-hydrogen) atoms. The van der Waals surface area contributed by atoms with Gasteiger partial charge < -0.3 is 15.8 Å². The number of primary amides is 1. The Morgan fingerprint density at radius 2 is 2.00 bits per heavy atom. The Morgan fingerprint density at radius 1 is 1.32 bits per heavy atom. The van der Waals surface area contributed by atoms with Gasteiger partial charge in [-0.05, 0) is 18.2 Å². The lowest BCUT2D eigenvalue weighted by Gasteiger charge is -2.08. The average Bonchev–Trinajstić information content (AvgIpc) is 2.37. The SMILES string of the molecule is COC(=O)CCC(=O)Nc1ccc(F)cc1C(N)=O. The summed E-state index contributed by atoms with van der Waals surface area (Å²) in [7, 11) is 1.21. The van der Waals surface area contributed by atoms with Crippen LogP contribution in [0.15, 0.2) is 18.2 Å². The Balaban J connectivity index is 2.74. The first-order valence-corrected chi connectivity index (χ1v) is 5.40. The third kappa shape index (κ3) is 4.38. The summed E-state index contributed by atoms with van der Waals surface area (Å²) in [5, 5.41) is 2.38. The van der Waals surface area contributed by atoms with E-state index in [9.17, 15) is 18.8 Å². The minimum atomic E-state index is -0.859. The van der Waals surface area contributed by atoms with Gasteiger partial charge >= 0.3 is 5.97 Å². The van der Waals surface area contributed by atoms with Crippen molar-refractivity contribution in [3.05, 3.63) is 29.6 Å². The van der Waals surface area contributed by atoms with Crippen molar-refractivity contribution >= 4 is 23.5 Å². The zero-order valence-corrected chi connectivity index (χ0v) is 10.2. The fraction of sp³-hybridized carbons (Fsp3) is 0.250. The molecule has 0 heterocycles. The third-order valence-corrected chi connectivity index (χ3v) is 2.31. The quantitative estimate of drug-likeness (QED) is 0.772. The second kappa shape index (κ2) is 6.48. The molecule has 0 aromatic heterocycles. The molecule has 0 atom stereocenters. The molecule has 0 saturated heterocycles. The standard InChI is InChI=1S/C12H13FN2O4/c1-19-11(17)5-4-10(16)15-9-3-2-7(13)6-8(9)12(14)18/h2-3,6H,4-5H2,1H3,(H2,14,18)(H,15,16). The molecule has 0 radical (unpaired) electrons. The maximum Gasteiger partial charge on any atom is 0.306 e. The molecule has 1 aromatic carbocycles. The summed E-state index contributed by atoms with van der Waals surface area (Å²) in [6.07, 6.45) is -0.197. The van der Waals surface area contributed by atoms with Gasteiger partial charge in [0.2, 0.25) is 5.91 Å². The van der Waals surface area contributed by atoms with Gasteiger partial charge in [-0.1, -0.05) is 0 Å². The average molecular weight is 268 g/mol. The number of hydrogen-bond acceptors (Lipinski definition) is 4. The van der Waals surface area contributed by atoms with E-state index in [1.54, 1.807) is 0 Å². The van der Waals surface area contributed by atoms with Gasteiger partial charge in [0.05, 0.1) is 24.8 Å². The van der Waals surface area contributed by atoms with E-state index in [1.165, 1.54) is 13.2 Å². The number of ether oxygens (including phenoxy) is 1. The second-order valence-corrected chi connectivity index (χ2v) is 3.68. The molecular formula is C12H13FN2O4. The van der Waals surface area contributed by atoms with Gasteiger partial charge in [-0.15, -0.1) is 0 Å². The molecule has 1 aromatic rings. The van der Waals surface area contributed by atoms with Gasteiger partial charge in [0.15, 0.2) is 0 Å². The predicted octanol–water partition coefficient (Wildman–Crippen LogP) is 0.816. The Morgan fingerprint density at radius 3 is 2.58 bits per heavy atom. The molecule has 0 aliphatic carbocycles. The monoisotopic (exact) mass is 268 g/mol. The smallest absolute Gasteiger partial charge is 0.306 e. The van der Waals surface area contributed by atoms with Gasteiger partial charge in [0.1, 0.15) is 5.82 Å². The van der Waals surface area contributed by atoms with Crippen LogP contribution in [0.3, 0.4) is 0 Å². The molecule has 0 spiro atoms. The Kier molecular flexibility index (Phi) is 4.99. The molecule has 0 aliphatic rings. The van der Waals surface area contributed by atoms with Gasteiger partial charge in [-0.2, -0.15) is 0 Å². The van der Waals surface area contributed by atoms with Gasteiger partial charge in [0, 0.05) is 6.42 Å². The highest BCUT2D eigenvalue weighted by molar-refractivity contribution is 6.03. The summed E-state index contributed by atoms with van der Waals surface area (Å²) in [6, 6.07) is 3.24. The molecular weight excluding hydrogens is 255 g/mol. The van der Waals surface area contributed by atoms with Crippen LogP contribution in [-0.4, -0.2) is 24.9 Å². The number of nitrogens with one attached hydrogen (secondary N) is 1. The number of methoxy groups -OCH3 is 1. The van der Waals surface area contributed by atoms with Crippen molar-refractivity contribution in [2.45, 2.75) is 12.8 Å². The fourth-order valence-corrected chi connectivity index (χ4v) is 1.36. The number of amides is 2. The van der Waals surface area contributed by atoms with Crippen LogP contribution in [0.1, 0.15) is 23.2 Å². The minimum absolute atomic E-state index is 0.0879. The summed E-state index contributed by atoms with van der Waals surface area (Å²) in [5.74, 6) is -2.52. The van der Waals surface area contributed by atoms with E-state index in [0.717, 1.165) is 12.1 Å². The lowest BCUT2D eigenvalue weighted by atomic mass is 10.1. The number of hydrogen-bond donors (Lipinski definition) is 2. The molecule has 0 bridgehead atoms. The highest BCUT2D eigenvalue weighted by Crippen LogP contribution is 2.17. The van der Waals surface area contributed by atoms with Crippen LogP contribution in [0.2, 0.25) is 0 Å². The first kappa shape index (κ1) is 14.6. The highest BCUT2D eigenvalue weighted by atomic mass is 19.1. The molecule has 2 amide bonds. The van der Waals surface area contributed by atoms with E-state index in [0.29, 0.717) is 0 Å².